The van der Waals surface area contributed by atoms with E-state index in [0.717, 1.165) is 4.47 Å². The van der Waals surface area contributed by atoms with Gasteiger partial charge in [0.15, 0.2) is 5.82 Å². The summed E-state index contributed by atoms with van der Waals surface area (Å²) in [6, 6.07) is 9.89. The first-order valence-corrected chi connectivity index (χ1v) is 6.47. The van der Waals surface area contributed by atoms with Crippen molar-refractivity contribution < 1.29 is 9.50 Å². The summed E-state index contributed by atoms with van der Waals surface area (Å²) >= 11 is 3.35. The number of aromatic hydroxyl groups is 1. The smallest absolute Gasteiger partial charge is 0.151 e. The highest BCUT2D eigenvalue weighted by molar-refractivity contribution is 9.10. The van der Waals surface area contributed by atoms with Crippen LogP contribution in [-0.4, -0.2) is 14.7 Å². The monoisotopic (exact) mass is 320 g/mol. The lowest BCUT2D eigenvalue weighted by molar-refractivity contribution is 0.476. The van der Waals surface area contributed by atoms with E-state index in [-0.39, 0.29) is 11.6 Å². The Morgan fingerprint density at radius 1 is 1.26 bits per heavy atom. The van der Waals surface area contributed by atoms with Crippen molar-refractivity contribution in [3.05, 3.63) is 46.7 Å². The molecular weight excluding hydrogens is 311 g/mol. The average molecular weight is 321 g/mol. The minimum absolute atomic E-state index is 0.113. The van der Waals surface area contributed by atoms with Gasteiger partial charge in [0.05, 0.1) is 11.1 Å². The lowest BCUT2D eigenvalue weighted by Gasteiger charge is -2.05. The molecule has 0 atom stereocenters. The number of halogens is 2. The number of aromatic nitrogens is 2. The van der Waals surface area contributed by atoms with E-state index in [9.17, 15) is 9.50 Å². The van der Waals surface area contributed by atoms with Gasteiger partial charge in [0, 0.05) is 11.5 Å². The van der Waals surface area contributed by atoms with Gasteiger partial charge in [-0.25, -0.2) is 9.37 Å². The largest absolute Gasteiger partial charge is 0.507 e. The first-order valence-electron chi connectivity index (χ1n) is 5.68. The third-order valence-electron chi connectivity index (χ3n) is 3.06. The third kappa shape index (κ3) is 1.90. The SMILES string of the molecule is Cn1c(-c2cc(Br)ccc2O)nc2c(F)cccc21. The second-order valence-electron chi connectivity index (χ2n) is 4.26. The second kappa shape index (κ2) is 4.35. The van der Waals surface area contributed by atoms with E-state index >= 15 is 0 Å². The van der Waals surface area contributed by atoms with Crippen LogP contribution in [0.3, 0.4) is 0 Å². The molecule has 1 N–H and O–H groups in total. The molecule has 1 heterocycles. The van der Waals surface area contributed by atoms with Gasteiger partial charge in [0.1, 0.15) is 17.1 Å². The average Bonchev–Trinajstić information content (AvgIpc) is 2.72. The van der Waals surface area contributed by atoms with Gasteiger partial charge < -0.3 is 9.67 Å². The summed E-state index contributed by atoms with van der Waals surface area (Å²) in [7, 11) is 1.80. The molecule has 0 saturated heterocycles. The molecule has 3 aromatic rings. The quantitative estimate of drug-likeness (QED) is 0.739. The van der Waals surface area contributed by atoms with E-state index in [1.54, 1.807) is 41.9 Å². The van der Waals surface area contributed by atoms with Gasteiger partial charge in [-0.3, -0.25) is 0 Å². The van der Waals surface area contributed by atoms with Gasteiger partial charge in [0.2, 0.25) is 0 Å². The van der Waals surface area contributed by atoms with Gasteiger partial charge in [-0.2, -0.15) is 0 Å². The fourth-order valence-corrected chi connectivity index (χ4v) is 2.47. The molecule has 0 aliphatic carbocycles. The molecule has 3 nitrogen and oxygen atoms in total. The molecule has 0 bridgehead atoms. The van der Waals surface area contributed by atoms with Crippen molar-refractivity contribution in [3.8, 4) is 17.1 Å². The van der Waals surface area contributed by atoms with Crippen molar-refractivity contribution in [1.29, 1.82) is 0 Å². The Morgan fingerprint density at radius 2 is 2.05 bits per heavy atom. The molecule has 0 unspecified atom stereocenters. The molecule has 0 fully saturated rings. The zero-order valence-electron chi connectivity index (χ0n) is 10.1. The summed E-state index contributed by atoms with van der Waals surface area (Å²) in [5.74, 6) is 0.273. The number of hydrogen-bond acceptors (Lipinski definition) is 2. The molecular formula is C14H10BrFN2O. The van der Waals surface area contributed by atoms with Gasteiger partial charge in [0.25, 0.3) is 0 Å². The number of benzene rings is 2. The van der Waals surface area contributed by atoms with Gasteiger partial charge in [-0.1, -0.05) is 22.0 Å². The Kier molecular flexibility index (Phi) is 2.78. The minimum Gasteiger partial charge on any atom is -0.507 e. The van der Waals surface area contributed by atoms with E-state index in [1.807, 2.05) is 0 Å². The summed E-state index contributed by atoms with van der Waals surface area (Å²) in [6.07, 6.45) is 0. The van der Waals surface area contributed by atoms with Crippen LogP contribution < -0.4 is 0 Å². The zero-order chi connectivity index (χ0) is 13.6. The maximum atomic E-state index is 13.7. The van der Waals surface area contributed by atoms with Crippen molar-refractivity contribution in [2.24, 2.45) is 7.05 Å². The van der Waals surface area contributed by atoms with E-state index < -0.39 is 0 Å². The number of phenolic OH excluding ortho intramolecular Hbond substituents is 1. The molecule has 0 spiro atoms. The minimum atomic E-state index is -0.367. The first kappa shape index (κ1) is 12.2. The molecule has 3 rings (SSSR count). The highest BCUT2D eigenvalue weighted by Crippen LogP contribution is 2.33. The van der Waals surface area contributed by atoms with Crippen LogP contribution in [0.5, 0.6) is 5.75 Å². The molecule has 0 aliphatic rings. The number of phenols is 1. The summed E-state index contributed by atoms with van der Waals surface area (Å²) in [5.41, 5.74) is 1.56. The number of imidazole rings is 1. The maximum Gasteiger partial charge on any atom is 0.151 e. The van der Waals surface area contributed by atoms with E-state index in [2.05, 4.69) is 20.9 Å². The summed E-state index contributed by atoms with van der Waals surface area (Å²) < 4.78 is 16.3. The van der Waals surface area contributed by atoms with Crippen LogP contribution in [0.4, 0.5) is 4.39 Å². The lowest BCUT2D eigenvalue weighted by Crippen LogP contribution is -1.92. The van der Waals surface area contributed by atoms with Crippen LogP contribution in [0.2, 0.25) is 0 Å². The highest BCUT2D eigenvalue weighted by atomic mass is 79.9. The molecule has 96 valence electrons. The van der Waals surface area contributed by atoms with Gasteiger partial charge in [-0.15, -0.1) is 0 Å². The van der Waals surface area contributed by atoms with Crippen LogP contribution >= 0.6 is 15.9 Å². The van der Waals surface area contributed by atoms with E-state index in [1.165, 1.54) is 6.07 Å². The number of aryl methyl sites for hydroxylation is 1. The number of nitrogens with zero attached hydrogens (tertiary/aromatic N) is 2. The maximum absolute atomic E-state index is 13.7. The molecule has 1 aromatic heterocycles. The molecule has 2 aromatic carbocycles. The van der Waals surface area contributed by atoms with Crippen LogP contribution in [-0.2, 0) is 7.05 Å². The van der Waals surface area contributed by atoms with Crippen molar-refractivity contribution >= 4 is 27.0 Å². The van der Waals surface area contributed by atoms with Crippen LogP contribution in [0, 0.1) is 5.82 Å². The van der Waals surface area contributed by atoms with Gasteiger partial charge >= 0.3 is 0 Å². The molecule has 0 aliphatic heterocycles. The molecule has 19 heavy (non-hydrogen) atoms. The standard InChI is InChI=1S/C14H10BrFN2O/c1-18-11-4-2-3-10(16)13(11)17-14(18)9-7-8(15)5-6-12(9)19/h2-7,19H,1H3. The predicted octanol–water partition coefficient (Wildman–Crippen LogP) is 3.85. The van der Waals surface area contributed by atoms with E-state index in [0.29, 0.717) is 22.4 Å². The third-order valence-corrected chi connectivity index (χ3v) is 3.56. The van der Waals surface area contributed by atoms with Crippen molar-refractivity contribution in [1.82, 2.24) is 9.55 Å². The van der Waals surface area contributed by atoms with Crippen molar-refractivity contribution in [3.63, 3.8) is 0 Å². The Hall–Kier alpha value is -1.88. The summed E-state index contributed by atoms with van der Waals surface area (Å²) in [4.78, 5) is 4.29. The lowest BCUT2D eigenvalue weighted by atomic mass is 10.2. The topological polar surface area (TPSA) is 38.0 Å². The van der Waals surface area contributed by atoms with Crippen molar-refractivity contribution in [2.75, 3.05) is 0 Å². The number of rotatable bonds is 1. The number of fused-ring (bicyclic) bond motifs is 1. The van der Waals surface area contributed by atoms with Crippen LogP contribution in [0.1, 0.15) is 0 Å². The Labute approximate surface area is 117 Å². The van der Waals surface area contributed by atoms with Crippen LogP contribution in [0.25, 0.3) is 22.4 Å². The Balaban J connectivity index is 2.34. The molecule has 0 saturated carbocycles. The van der Waals surface area contributed by atoms with Crippen LogP contribution in [0.15, 0.2) is 40.9 Å². The second-order valence-corrected chi connectivity index (χ2v) is 5.18. The highest BCUT2D eigenvalue weighted by Gasteiger charge is 2.15. The number of para-hydroxylation sites is 1. The molecule has 0 radical (unpaired) electrons. The zero-order valence-corrected chi connectivity index (χ0v) is 11.6. The molecule has 0 amide bonds. The van der Waals surface area contributed by atoms with E-state index in [4.69, 9.17) is 0 Å². The Bertz CT molecular complexity index is 782. The fraction of sp³-hybridized carbons (Fsp3) is 0.0714. The molecule has 5 heteroatoms. The number of hydrogen-bond donors (Lipinski definition) is 1. The van der Waals surface area contributed by atoms with Crippen molar-refractivity contribution in [2.45, 2.75) is 0 Å². The normalized spacial score (nSPS) is 11.1. The predicted molar refractivity (Wildman–Crippen MR) is 75.5 cm³/mol. The summed E-state index contributed by atoms with van der Waals surface area (Å²) in [6.45, 7) is 0. The Morgan fingerprint density at radius 3 is 2.79 bits per heavy atom. The van der Waals surface area contributed by atoms with Gasteiger partial charge in [-0.05, 0) is 30.3 Å². The fourth-order valence-electron chi connectivity index (χ4n) is 2.11. The summed E-state index contributed by atoms with van der Waals surface area (Å²) in [5, 5.41) is 9.94. The first-order chi connectivity index (χ1) is 9.08.